The van der Waals surface area contributed by atoms with Gasteiger partial charge in [-0.1, -0.05) is 6.07 Å². The molecular weight excluding hydrogens is 420 g/mol. The molecule has 0 amide bonds. The lowest BCUT2D eigenvalue weighted by atomic mass is 10.1. The van der Waals surface area contributed by atoms with E-state index in [1.807, 2.05) is 32.0 Å². The Kier molecular flexibility index (Phi) is 7.08. The van der Waals surface area contributed by atoms with Crippen molar-refractivity contribution in [3.63, 3.8) is 0 Å². The minimum atomic E-state index is -0.913. The van der Waals surface area contributed by atoms with Gasteiger partial charge in [-0.3, -0.25) is 10.1 Å². The number of hydrogen-bond donors (Lipinski definition) is 3. The summed E-state index contributed by atoms with van der Waals surface area (Å²) in [5.41, 5.74) is 3.43. The van der Waals surface area contributed by atoms with Gasteiger partial charge in [0.15, 0.2) is 0 Å². The number of hydrogen-bond acceptors (Lipinski definition) is 8. The van der Waals surface area contributed by atoms with Crippen molar-refractivity contribution in [3.05, 3.63) is 69.0 Å². The number of nitro groups is 1. The van der Waals surface area contributed by atoms with Crippen molar-refractivity contribution < 1.29 is 13.7 Å². The molecule has 0 atom stereocenters. The largest absolute Gasteiger partial charge is 0.385 e. The molecule has 3 N–H and O–H groups in total. The SMILES string of the molecule is Cc1ccc(Nc2nc(F)nc(NCCCNc3cc(F)c([N+](=O)[O-])cc3C)n2)cc1C. The minimum Gasteiger partial charge on any atom is -0.385 e. The Morgan fingerprint density at radius 2 is 1.62 bits per heavy atom. The highest BCUT2D eigenvalue weighted by Gasteiger charge is 2.16. The number of nitrogens with zero attached hydrogens (tertiary/aromatic N) is 4. The maximum atomic E-state index is 13.8. The van der Waals surface area contributed by atoms with Crippen LogP contribution >= 0.6 is 0 Å². The molecule has 0 aliphatic rings. The van der Waals surface area contributed by atoms with E-state index in [-0.39, 0.29) is 11.9 Å². The molecule has 0 fully saturated rings. The van der Waals surface area contributed by atoms with Gasteiger partial charge in [-0.05, 0) is 56.0 Å². The van der Waals surface area contributed by atoms with Gasteiger partial charge >= 0.3 is 11.8 Å². The second-order valence-corrected chi connectivity index (χ2v) is 7.26. The van der Waals surface area contributed by atoms with Crippen molar-refractivity contribution in [1.29, 1.82) is 0 Å². The normalized spacial score (nSPS) is 10.7. The first-order valence-electron chi connectivity index (χ1n) is 9.91. The Labute approximate surface area is 183 Å². The van der Waals surface area contributed by atoms with Gasteiger partial charge in [-0.25, -0.2) is 0 Å². The van der Waals surface area contributed by atoms with Crippen molar-refractivity contribution in [1.82, 2.24) is 15.0 Å². The van der Waals surface area contributed by atoms with Crippen molar-refractivity contribution in [2.45, 2.75) is 27.2 Å². The van der Waals surface area contributed by atoms with E-state index in [1.54, 1.807) is 6.92 Å². The minimum absolute atomic E-state index is 0.0818. The number of aromatic nitrogens is 3. The summed E-state index contributed by atoms with van der Waals surface area (Å²) < 4.78 is 27.6. The summed E-state index contributed by atoms with van der Waals surface area (Å²) in [5.74, 6) is -0.731. The Hall–Kier alpha value is -3.89. The Bertz CT molecular complexity index is 1140. The molecule has 11 heteroatoms. The molecular formula is C21H23F2N7O2. The number of halogens is 2. The Balaban J connectivity index is 1.53. The fraction of sp³-hybridized carbons (Fsp3) is 0.286. The summed E-state index contributed by atoms with van der Waals surface area (Å²) in [7, 11) is 0. The highest BCUT2D eigenvalue weighted by atomic mass is 19.1. The van der Waals surface area contributed by atoms with Crippen LogP contribution in [0.2, 0.25) is 0 Å². The number of rotatable bonds is 9. The van der Waals surface area contributed by atoms with Crippen LogP contribution in [0, 0.1) is 42.8 Å². The van der Waals surface area contributed by atoms with E-state index in [1.165, 1.54) is 6.07 Å². The van der Waals surface area contributed by atoms with Gasteiger partial charge in [-0.2, -0.15) is 23.7 Å². The van der Waals surface area contributed by atoms with Gasteiger partial charge in [0.05, 0.1) is 4.92 Å². The maximum absolute atomic E-state index is 13.8. The van der Waals surface area contributed by atoms with Gasteiger partial charge in [0.1, 0.15) is 0 Å². The lowest BCUT2D eigenvalue weighted by Gasteiger charge is -2.11. The van der Waals surface area contributed by atoms with Gasteiger partial charge in [0.25, 0.3) is 0 Å². The van der Waals surface area contributed by atoms with Crippen LogP contribution in [0.5, 0.6) is 0 Å². The molecule has 0 unspecified atom stereocenters. The molecule has 1 heterocycles. The summed E-state index contributed by atoms with van der Waals surface area (Å²) in [4.78, 5) is 21.5. The van der Waals surface area contributed by atoms with Crippen LogP contribution in [0.15, 0.2) is 30.3 Å². The molecule has 0 aliphatic heterocycles. The van der Waals surface area contributed by atoms with E-state index < -0.39 is 22.5 Å². The molecule has 0 aliphatic carbocycles. The summed E-state index contributed by atoms with van der Waals surface area (Å²) in [6.07, 6.45) is -0.338. The lowest BCUT2D eigenvalue weighted by molar-refractivity contribution is -0.387. The number of nitro benzene ring substituents is 1. The molecule has 2 aromatic carbocycles. The highest BCUT2D eigenvalue weighted by molar-refractivity contribution is 5.57. The molecule has 168 valence electrons. The molecule has 0 radical (unpaired) electrons. The zero-order valence-corrected chi connectivity index (χ0v) is 17.9. The molecule has 0 spiro atoms. The molecule has 0 saturated heterocycles. The molecule has 0 saturated carbocycles. The third kappa shape index (κ3) is 5.84. The molecule has 3 aromatic rings. The monoisotopic (exact) mass is 443 g/mol. The average Bonchev–Trinajstić information content (AvgIpc) is 2.72. The Morgan fingerprint density at radius 3 is 2.34 bits per heavy atom. The first-order valence-corrected chi connectivity index (χ1v) is 9.91. The van der Waals surface area contributed by atoms with Crippen LogP contribution in [0.1, 0.15) is 23.1 Å². The Morgan fingerprint density at radius 1 is 0.906 bits per heavy atom. The maximum Gasteiger partial charge on any atom is 0.315 e. The van der Waals surface area contributed by atoms with E-state index in [2.05, 4.69) is 30.9 Å². The quantitative estimate of drug-likeness (QED) is 0.249. The summed E-state index contributed by atoms with van der Waals surface area (Å²) >= 11 is 0. The molecule has 0 bridgehead atoms. The van der Waals surface area contributed by atoms with Gasteiger partial charge < -0.3 is 16.0 Å². The average molecular weight is 443 g/mol. The second kappa shape index (κ2) is 9.94. The van der Waals surface area contributed by atoms with Crippen molar-refractivity contribution in [2.24, 2.45) is 0 Å². The van der Waals surface area contributed by atoms with Crippen molar-refractivity contribution in [3.8, 4) is 0 Å². The van der Waals surface area contributed by atoms with E-state index in [0.717, 1.165) is 22.9 Å². The highest BCUT2D eigenvalue weighted by Crippen LogP contribution is 2.25. The van der Waals surface area contributed by atoms with E-state index >= 15 is 0 Å². The molecule has 3 rings (SSSR count). The number of nitrogens with one attached hydrogen (secondary N) is 3. The van der Waals surface area contributed by atoms with Crippen molar-refractivity contribution in [2.75, 3.05) is 29.0 Å². The summed E-state index contributed by atoms with van der Waals surface area (Å²) in [6, 6.07) is 8.01. The molecule has 9 nitrogen and oxygen atoms in total. The topological polar surface area (TPSA) is 118 Å². The van der Waals surface area contributed by atoms with Crippen LogP contribution in [-0.4, -0.2) is 33.0 Å². The predicted molar refractivity (Wildman–Crippen MR) is 118 cm³/mol. The van der Waals surface area contributed by atoms with Crippen LogP contribution < -0.4 is 16.0 Å². The van der Waals surface area contributed by atoms with Gasteiger partial charge in [0.2, 0.25) is 17.7 Å². The van der Waals surface area contributed by atoms with E-state index in [0.29, 0.717) is 30.8 Å². The lowest BCUT2D eigenvalue weighted by Crippen LogP contribution is -2.13. The molecule has 1 aromatic heterocycles. The first-order chi connectivity index (χ1) is 15.2. The third-order valence-corrected chi connectivity index (χ3v) is 4.81. The third-order valence-electron chi connectivity index (χ3n) is 4.81. The summed E-state index contributed by atoms with van der Waals surface area (Å²) in [6.45, 7) is 6.49. The van der Waals surface area contributed by atoms with Gasteiger partial charge in [0, 0.05) is 36.6 Å². The standard InChI is InChI=1S/C21H23F2N7O2/c1-12-5-6-15(9-13(12)2)26-21-28-19(23)27-20(29-21)25-8-4-7-24-17-11-16(22)18(30(31)32)10-14(17)3/h5-6,9-11,24H,4,7-8H2,1-3H3,(H2,25,26,27,28,29). The van der Waals surface area contributed by atoms with E-state index in [4.69, 9.17) is 0 Å². The van der Waals surface area contributed by atoms with Crippen LogP contribution in [-0.2, 0) is 0 Å². The zero-order chi connectivity index (χ0) is 23.3. The number of benzene rings is 2. The second-order valence-electron chi connectivity index (χ2n) is 7.26. The fourth-order valence-electron chi connectivity index (χ4n) is 2.94. The molecule has 32 heavy (non-hydrogen) atoms. The van der Waals surface area contributed by atoms with Crippen LogP contribution in [0.4, 0.5) is 37.7 Å². The fourth-order valence-corrected chi connectivity index (χ4v) is 2.94. The smallest absolute Gasteiger partial charge is 0.315 e. The predicted octanol–water partition coefficient (Wildman–Crippen LogP) is 4.64. The van der Waals surface area contributed by atoms with Crippen LogP contribution in [0.25, 0.3) is 0 Å². The zero-order valence-electron chi connectivity index (χ0n) is 17.9. The number of aryl methyl sites for hydroxylation is 3. The summed E-state index contributed by atoms with van der Waals surface area (Å²) in [5, 5.41) is 19.7. The number of anilines is 4. The van der Waals surface area contributed by atoms with Gasteiger partial charge in [-0.15, -0.1) is 0 Å². The van der Waals surface area contributed by atoms with Crippen LogP contribution in [0.3, 0.4) is 0 Å². The van der Waals surface area contributed by atoms with Crippen molar-refractivity contribution >= 4 is 29.0 Å². The first kappa shape index (κ1) is 22.8. The van der Waals surface area contributed by atoms with E-state index in [9.17, 15) is 18.9 Å².